The Bertz CT molecular complexity index is 917. The molecule has 0 aliphatic rings. The van der Waals surface area contributed by atoms with Crippen LogP contribution in [0, 0.1) is 0 Å². The van der Waals surface area contributed by atoms with Crippen molar-refractivity contribution in [2.24, 2.45) is 0 Å². The number of hydrogen-bond acceptors (Lipinski definition) is 4. The molecule has 0 radical (unpaired) electrons. The number of rotatable bonds is 7. The van der Waals surface area contributed by atoms with Gasteiger partial charge in [0.1, 0.15) is 5.75 Å². The van der Waals surface area contributed by atoms with E-state index < -0.39 is 0 Å². The summed E-state index contributed by atoms with van der Waals surface area (Å²) in [4.78, 5) is 15.6. The van der Waals surface area contributed by atoms with Crippen LogP contribution in [0.15, 0.2) is 42.6 Å². The number of carbonyl (C=O) groups is 1. The van der Waals surface area contributed by atoms with E-state index in [9.17, 15) is 4.79 Å². The van der Waals surface area contributed by atoms with Gasteiger partial charge >= 0.3 is 0 Å². The van der Waals surface area contributed by atoms with Crippen LogP contribution in [0.3, 0.4) is 0 Å². The van der Waals surface area contributed by atoms with Crippen molar-refractivity contribution in [3.05, 3.63) is 53.7 Å². The third-order valence-electron chi connectivity index (χ3n) is 4.30. The average Bonchev–Trinajstić information content (AvgIpc) is 3.09. The van der Waals surface area contributed by atoms with Crippen LogP contribution in [0.25, 0.3) is 10.9 Å². The summed E-state index contributed by atoms with van der Waals surface area (Å²) in [6, 6.07) is 11.0. The van der Waals surface area contributed by atoms with Crippen molar-refractivity contribution in [2.75, 3.05) is 27.9 Å². The topological polar surface area (TPSA) is 72.6 Å². The van der Waals surface area contributed by atoms with Gasteiger partial charge in [0.2, 0.25) is 0 Å². The van der Waals surface area contributed by atoms with E-state index in [1.54, 1.807) is 39.5 Å². The number of carbonyl (C=O) groups excluding carboxylic acids is 1. The highest BCUT2D eigenvalue weighted by Gasteiger charge is 2.11. The Kier molecular flexibility index (Phi) is 5.31. The molecule has 1 heterocycles. The standard InChI is InChI=1S/C20H22N2O4/c1-24-15-5-6-17-16(11-15)14(12-22-17)8-9-21-20(23)13-4-7-18(25-2)19(10-13)26-3/h4-7,10-12,22H,8-9H2,1-3H3,(H,21,23). The maximum Gasteiger partial charge on any atom is 0.251 e. The second kappa shape index (κ2) is 7.82. The van der Waals surface area contributed by atoms with E-state index in [4.69, 9.17) is 14.2 Å². The molecule has 0 spiro atoms. The second-order valence-corrected chi connectivity index (χ2v) is 5.80. The van der Waals surface area contributed by atoms with Gasteiger partial charge in [-0.05, 0) is 48.4 Å². The molecule has 0 fully saturated rings. The molecule has 0 bridgehead atoms. The number of ether oxygens (including phenoxy) is 3. The first-order chi connectivity index (χ1) is 12.7. The molecule has 6 heteroatoms. The first kappa shape index (κ1) is 17.7. The Hall–Kier alpha value is -3.15. The highest BCUT2D eigenvalue weighted by molar-refractivity contribution is 5.95. The summed E-state index contributed by atoms with van der Waals surface area (Å²) in [5.74, 6) is 1.79. The summed E-state index contributed by atoms with van der Waals surface area (Å²) < 4.78 is 15.7. The molecule has 136 valence electrons. The van der Waals surface area contributed by atoms with E-state index in [1.165, 1.54) is 0 Å². The molecule has 0 saturated carbocycles. The van der Waals surface area contributed by atoms with Gasteiger partial charge in [0.05, 0.1) is 21.3 Å². The second-order valence-electron chi connectivity index (χ2n) is 5.80. The third kappa shape index (κ3) is 3.59. The van der Waals surface area contributed by atoms with Crippen molar-refractivity contribution in [2.45, 2.75) is 6.42 Å². The molecule has 2 aromatic carbocycles. The van der Waals surface area contributed by atoms with Crippen LogP contribution in [0.5, 0.6) is 17.2 Å². The van der Waals surface area contributed by atoms with Gasteiger partial charge in [0.25, 0.3) is 5.91 Å². The molecular formula is C20H22N2O4. The maximum absolute atomic E-state index is 12.4. The van der Waals surface area contributed by atoms with Gasteiger partial charge in [-0.2, -0.15) is 0 Å². The normalized spacial score (nSPS) is 10.6. The van der Waals surface area contributed by atoms with Crippen molar-refractivity contribution in [1.29, 1.82) is 0 Å². The Labute approximate surface area is 152 Å². The Balaban J connectivity index is 1.65. The zero-order chi connectivity index (χ0) is 18.5. The number of benzene rings is 2. The minimum atomic E-state index is -0.150. The monoisotopic (exact) mass is 354 g/mol. The van der Waals surface area contributed by atoms with Crippen molar-refractivity contribution < 1.29 is 19.0 Å². The van der Waals surface area contributed by atoms with Gasteiger partial charge in [0.15, 0.2) is 11.5 Å². The van der Waals surface area contributed by atoms with E-state index in [0.29, 0.717) is 30.0 Å². The van der Waals surface area contributed by atoms with Crippen molar-refractivity contribution in [3.63, 3.8) is 0 Å². The van der Waals surface area contributed by atoms with Crippen LogP contribution in [0.4, 0.5) is 0 Å². The van der Waals surface area contributed by atoms with E-state index >= 15 is 0 Å². The zero-order valence-electron chi connectivity index (χ0n) is 15.1. The molecule has 1 amide bonds. The highest BCUT2D eigenvalue weighted by Crippen LogP contribution is 2.27. The van der Waals surface area contributed by atoms with E-state index in [1.807, 2.05) is 24.4 Å². The molecule has 26 heavy (non-hydrogen) atoms. The lowest BCUT2D eigenvalue weighted by Crippen LogP contribution is -2.25. The number of H-pyrrole nitrogens is 1. The Morgan fingerprint density at radius 3 is 2.54 bits per heavy atom. The SMILES string of the molecule is COc1ccc2[nH]cc(CCNC(=O)c3ccc(OC)c(OC)c3)c2c1. The number of methoxy groups -OCH3 is 3. The Morgan fingerprint density at radius 2 is 1.81 bits per heavy atom. The molecule has 1 aromatic heterocycles. The van der Waals surface area contributed by atoms with Crippen LogP contribution in [-0.4, -0.2) is 38.8 Å². The minimum Gasteiger partial charge on any atom is -0.497 e. The number of amides is 1. The summed E-state index contributed by atoms with van der Waals surface area (Å²) in [7, 11) is 4.76. The smallest absolute Gasteiger partial charge is 0.251 e. The number of aromatic amines is 1. The molecule has 0 aliphatic carbocycles. The molecule has 0 unspecified atom stereocenters. The number of hydrogen-bond donors (Lipinski definition) is 2. The van der Waals surface area contributed by atoms with Crippen LogP contribution in [0.1, 0.15) is 15.9 Å². The number of nitrogens with one attached hydrogen (secondary N) is 2. The first-order valence-electron chi connectivity index (χ1n) is 8.30. The quantitative estimate of drug-likeness (QED) is 0.684. The van der Waals surface area contributed by atoms with Crippen LogP contribution >= 0.6 is 0 Å². The predicted octanol–water partition coefficient (Wildman–Crippen LogP) is 3.17. The maximum atomic E-state index is 12.4. The Morgan fingerprint density at radius 1 is 1.00 bits per heavy atom. The van der Waals surface area contributed by atoms with Crippen LogP contribution in [-0.2, 0) is 6.42 Å². The third-order valence-corrected chi connectivity index (χ3v) is 4.30. The molecule has 3 aromatic rings. The number of aromatic nitrogens is 1. The fourth-order valence-electron chi connectivity index (χ4n) is 2.88. The fraction of sp³-hybridized carbons (Fsp3) is 0.250. The van der Waals surface area contributed by atoms with Crippen LogP contribution < -0.4 is 19.5 Å². The molecule has 6 nitrogen and oxygen atoms in total. The molecular weight excluding hydrogens is 332 g/mol. The summed E-state index contributed by atoms with van der Waals surface area (Å²) in [5.41, 5.74) is 2.71. The zero-order valence-corrected chi connectivity index (χ0v) is 15.1. The largest absolute Gasteiger partial charge is 0.497 e. The molecule has 0 atom stereocenters. The van der Waals surface area contributed by atoms with Gasteiger partial charge in [-0.25, -0.2) is 0 Å². The summed E-state index contributed by atoms with van der Waals surface area (Å²) >= 11 is 0. The summed E-state index contributed by atoms with van der Waals surface area (Å²) in [5, 5.41) is 4.04. The summed E-state index contributed by atoms with van der Waals surface area (Å²) in [6.45, 7) is 0.525. The summed E-state index contributed by atoms with van der Waals surface area (Å²) in [6.07, 6.45) is 2.68. The van der Waals surface area contributed by atoms with Gasteiger partial charge in [-0.15, -0.1) is 0 Å². The highest BCUT2D eigenvalue weighted by atomic mass is 16.5. The number of fused-ring (bicyclic) bond motifs is 1. The van der Waals surface area contributed by atoms with Gasteiger partial charge in [-0.1, -0.05) is 0 Å². The van der Waals surface area contributed by atoms with E-state index in [-0.39, 0.29) is 5.91 Å². The molecule has 0 saturated heterocycles. The first-order valence-corrected chi connectivity index (χ1v) is 8.30. The van der Waals surface area contributed by atoms with Gasteiger partial charge < -0.3 is 24.5 Å². The average molecular weight is 354 g/mol. The predicted molar refractivity (Wildman–Crippen MR) is 100 cm³/mol. The minimum absolute atomic E-state index is 0.150. The molecule has 3 rings (SSSR count). The van der Waals surface area contributed by atoms with Crippen molar-refractivity contribution >= 4 is 16.8 Å². The van der Waals surface area contributed by atoms with Crippen LogP contribution in [0.2, 0.25) is 0 Å². The van der Waals surface area contributed by atoms with E-state index in [2.05, 4.69) is 10.3 Å². The fourth-order valence-corrected chi connectivity index (χ4v) is 2.88. The molecule has 0 aliphatic heterocycles. The van der Waals surface area contributed by atoms with Gasteiger partial charge in [-0.3, -0.25) is 4.79 Å². The van der Waals surface area contributed by atoms with Gasteiger partial charge in [0, 0.05) is 29.2 Å². The van der Waals surface area contributed by atoms with E-state index in [0.717, 1.165) is 22.2 Å². The van der Waals surface area contributed by atoms with Crippen molar-refractivity contribution in [3.8, 4) is 17.2 Å². The lowest BCUT2D eigenvalue weighted by Gasteiger charge is -2.10. The van der Waals surface area contributed by atoms with Crippen molar-refractivity contribution in [1.82, 2.24) is 10.3 Å². The lowest BCUT2D eigenvalue weighted by molar-refractivity contribution is 0.0953. The molecule has 2 N–H and O–H groups in total. The lowest BCUT2D eigenvalue weighted by atomic mass is 10.1.